The van der Waals surface area contributed by atoms with Crippen molar-refractivity contribution in [1.29, 1.82) is 0 Å². The number of benzene rings is 1. The van der Waals surface area contributed by atoms with E-state index < -0.39 is 11.7 Å². The summed E-state index contributed by atoms with van der Waals surface area (Å²) in [5.41, 5.74) is 0.699. The van der Waals surface area contributed by atoms with Gasteiger partial charge in [0.2, 0.25) is 0 Å². The van der Waals surface area contributed by atoms with Gasteiger partial charge in [-0.15, -0.1) is 0 Å². The fourth-order valence-electron chi connectivity index (χ4n) is 1.99. The second-order valence-electron chi connectivity index (χ2n) is 4.29. The van der Waals surface area contributed by atoms with Crippen molar-refractivity contribution >= 4 is 16.9 Å². The van der Waals surface area contributed by atoms with Gasteiger partial charge in [0.25, 0.3) is 5.91 Å². The summed E-state index contributed by atoms with van der Waals surface area (Å²) in [7, 11) is 0. The van der Waals surface area contributed by atoms with Crippen LogP contribution in [-0.2, 0) is 6.54 Å². The van der Waals surface area contributed by atoms with E-state index in [1.165, 1.54) is 12.4 Å². The number of halogens is 1. The average molecular weight is 274 g/mol. The van der Waals surface area contributed by atoms with Crippen molar-refractivity contribution in [3.05, 3.63) is 47.5 Å². The number of nitrogens with one attached hydrogen (secondary N) is 2. The molecule has 0 spiro atoms. The summed E-state index contributed by atoms with van der Waals surface area (Å²) in [5.74, 6) is -0.280. The smallest absolute Gasteiger partial charge is 0.287 e. The number of nitrogens with zero attached hydrogens (tertiary/aromatic N) is 2. The van der Waals surface area contributed by atoms with Crippen LogP contribution in [0.2, 0.25) is 0 Å². The lowest BCUT2D eigenvalue weighted by molar-refractivity contribution is 0.0923. The third-order valence-corrected chi connectivity index (χ3v) is 3.00. The summed E-state index contributed by atoms with van der Waals surface area (Å²) in [6.07, 6.45) is 1.35. The molecule has 102 valence electrons. The number of para-hydroxylation sites is 1. The van der Waals surface area contributed by atoms with Crippen molar-refractivity contribution in [1.82, 2.24) is 20.5 Å². The normalized spacial score (nSPS) is 10.9. The standard InChI is InChI=1S/C13H11FN4O2/c1-7-8-3-2-4-9(14)12(8)20-11(7)13(19)15-5-10-16-6-17-18-10/h2-4,6H,5H2,1H3,(H,15,19)(H,16,17,18). The Morgan fingerprint density at radius 1 is 1.50 bits per heavy atom. The maximum absolute atomic E-state index is 13.6. The second-order valence-corrected chi connectivity index (χ2v) is 4.29. The first-order valence-electron chi connectivity index (χ1n) is 5.97. The highest BCUT2D eigenvalue weighted by atomic mass is 19.1. The maximum atomic E-state index is 13.6. The number of fused-ring (bicyclic) bond motifs is 1. The lowest BCUT2D eigenvalue weighted by Gasteiger charge is -2.00. The molecule has 0 saturated heterocycles. The predicted molar refractivity (Wildman–Crippen MR) is 68.5 cm³/mol. The Labute approximate surface area is 113 Å². The van der Waals surface area contributed by atoms with Gasteiger partial charge < -0.3 is 9.73 Å². The van der Waals surface area contributed by atoms with Crippen molar-refractivity contribution in [2.75, 3.05) is 0 Å². The van der Waals surface area contributed by atoms with Crippen LogP contribution < -0.4 is 5.32 Å². The molecule has 2 N–H and O–H groups in total. The van der Waals surface area contributed by atoms with Gasteiger partial charge >= 0.3 is 0 Å². The van der Waals surface area contributed by atoms with Gasteiger partial charge in [-0.25, -0.2) is 9.37 Å². The number of H-pyrrole nitrogens is 1. The van der Waals surface area contributed by atoms with E-state index in [4.69, 9.17) is 4.42 Å². The maximum Gasteiger partial charge on any atom is 0.287 e. The number of aromatic nitrogens is 3. The van der Waals surface area contributed by atoms with Gasteiger partial charge in [-0.05, 0) is 13.0 Å². The minimum absolute atomic E-state index is 0.0924. The number of furan rings is 1. The number of aromatic amines is 1. The lowest BCUT2D eigenvalue weighted by atomic mass is 10.1. The summed E-state index contributed by atoms with van der Waals surface area (Å²) >= 11 is 0. The Balaban J connectivity index is 1.88. The topological polar surface area (TPSA) is 83.8 Å². The van der Waals surface area contributed by atoms with E-state index in [-0.39, 0.29) is 17.9 Å². The Hall–Kier alpha value is -2.70. The highest BCUT2D eigenvalue weighted by Gasteiger charge is 2.19. The predicted octanol–water partition coefficient (Wildman–Crippen LogP) is 1.93. The second kappa shape index (κ2) is 4.76. The Morgan fingerprint density at radius 2 is 2.35 bits per heavy atom. The highest BCUT2D eigenvalue weighted by molar-refractivity contribution is 5.98. The van der Waals surface area contributed by atoms with Gasteiger partial charge in [-0.1, -0.05) is 12.1 Å². The fourth-order valence-corrected chi connectivity index (χ4v) is 1.99. The molecule has 2 heterocycles. The van der Waals surface area contributed by atoms with Crippen LogP contribution in [-0.4, -0.2) is 21.1 Å². The molecule has 0 unspecified atom stereocenters. The lowest BCUT2D eigenvalue weighted by Crippen LogP contribution is -2.23. The zero-order chi connectivity index (χ0) is 14.1. The summed E-state index contributed by atoms with van der Waals surface area (Å²) in [6.45, 7) is 1.91. The van der Waals surface area contributed by atoms with Crippen LogP contribution in [0.15, 0.2) is 28.9 Å². The van der Waals surface area contributed by atoms with Gasteiger partial charge in [-0.2, -0.15) is 5.10 Å². The molecule has 0 radical (unpaired) electrons. The van der Waals surface area contributed by atoms with E-state index in [2.05, 4.69) is 20.5 Å². The number of rotatable bonds is 3. The average Bonchev–Trinajstić information content (AvgIpc) is 3.06. The molecular formula is C13H11FN4O2. The van der Waals surface area contributed by atoms with Crippen LogP contribution >= 0.6 is 0 Å². The van der Waals surface area contributed by atoms with Gasteiger partial charge in [0.15, 0.2) is 17.2 Å². The molecule has 20 heavy (non-hydrogen) atoms. The summed E-state index contributed by atoms with van der Waals surface area (Å²) in [5, 5.41) is 9.53. The molecule has 6 nitrogen and oxygen atoms in total. The number of carbonyl (C=O) groups excluding carboxylic acids is 1. The van der Waals surface area contributed by atoms with E-state index >= 15 is 0 Å². The summed E-state index contributed by atoms with van der Waals surface area (Å²) in [6, 6.07) is 4.59. The van der Waals surface area contributed by atoms with E-state index in [9.17, 15) is 9.18 Å². The molecule has 0 saturated carbocycles. The SMILES string of the molecule is Cc1c(C(=O)NCc2ncn[nH]2)oc2c(F)cccc12. The summed E-state index contributed by atoms with van der Waals surface area (Å²) in [4.78, 5) is 15.9. The number of carbonyl (C=O) groups is 1. The van der Waals surface area contributed by atoms with Crippen LogP contribution in [0.5, 0.6) is 0 Å². The third-order valence-electron chi connectivity index (χ3n) is 3.00. The van der Waals surface area contributed by atoms with Crippen LogP contribution in [0.3, 0.4) is 0 Å². The van der Waals surface area contributed by atoms with Crippen LogP contribution in [0.25, 0.3) is 11.0 Å². The Morgan fingerprint density at radius 3 is 3.05 bits per heavy atom. The molecule has 0 atom stereocenters. The zero-order valence-corrected chi connectivity index (χ0v) is 10.6. The number of hydrogen-bond acceptors (Lipinski definition) is 4. The largest absolute Gasteiger partial charge is 0.448 e. The van der Waals surface area contributed by atoms with E-state index in [1.54, 1.807) is 19.1 Å². The molecule has 7 heteroatoms. The van der Waals surface area contributed by atoms with Crippen molar-refractivity contribution in [3.8, 4) is 0 Å². The Kier molecular flexibility index (Phi) is 2.94. The van der Waals surface area contributed by atoms with Crippen molar-refractivity contribution in [3.63, 3.8) is 0 Å². The molecule has 2 aromatic heterocycles. The third kappa shape index (κ3) is 2.03. The number of aryl methyl sites for hydroxylation is 1. The molecule has 0 fully saturated rings. The highest BCUT2D eigenvalue weighted by Crippen LogP contribution is 2.27. The first-order valence-corrected chi connectivity index (χ1v) is 5.97. The van der Waals surface area contributed by atoms with Gasteiger partial charge in [0, 0.05) is 10.9 Å². The number of amides is 1. The van der Waals surface area contributed by atoms with E-state index in [0.29, 0.717) is 16.8 Å². The molecule has 0 aliphatic rings. The molecular weight excluding hydrogens is 263 g/mol. The van der Waals surface area contributed by atoms with Gasteiger partial charge in [0.05, 0.1) is 6.54 Å². The first kappa shape index (κ1) is 12.3. The molecule has 3 rings (SSSR count). The van der Waals surface area contributed by atoms with Gasteiger partial charge in [0.1, 0.15) is 12.2 Å². The van der Waals surface area contributed by atoms with Crippen molar-refractivity contribution < 1.29 is 13.6 Å². The van der Waals surface area contributed by atoms with E-state index in [1.807, 2.05) is 0 Å². The van der Waals surface area contributed by atoms with Crippen LogP contribution in [0, 0.1) is 12.7 Å². The monoisotopic (exact) mass is 274 g/mol. The minimum Gasteiger partial charge on any atom is -0.448 e. The number of hydrogen-bond donors (Lipinski definition) is 2. The van der Waals surface area contributed by atoms with Crippen molar-refractivity contribution in [2.45, 2.75) is 13.5 Å². The van der Waals surface area contributed by atoms with Crippen molar-refractivity contribution in [2.24, 2.45) is 0 Å². The van der Waals surface area contributed by atoms with E-state index in [0.717, 1.165) is 0 Å². The molecule has 0 aliphatic heterocycles. The molecule has 1 amide bonds. The quantitative estimate of drug-likeness (QED) is 0.764. The summed E-state index contributed by atoms with van der Waals surface area (Å²) < 4.78 is 18.9. The molecule has 0 aliphatic carbocycles. The fraction of sp³-hybridized carbons (Fsp3) is 0.154. The minimum atomic E-state index is -0.486. The zero-order valence-electron chi connectivity index (χ0n) is 10.6. The van der Waals surface area contributed by atoms with Crippen LogP contribution in [0.1, 0.15) is 21.9 Å². The molecule has 1 aromatic carbocycles. The van der Waals surface area contributed by atoms with Gasteiger partial charge in [-0.3, -0.25) is 9.89 Å². The van der Waals surface area contributed by atoms with Crippen LogP contribution in [0.4, 0.5) is 4.39 Å². The first-order chi connectivity index (χ1) is 9.66. The Bertz CT molecular complexity index is 764. The molecule has 0 bridgehead atoms. The molecule has 3 aromatic rings.